The molecule has 4 heteroatoms. The summed E-state index contributed by atoms with van der Waals surface area (Å²) in [6, 6.07) is 6.02. The lowest BCUT2D eigenvalue weighted by Gasteiger charge is -2.22. The second-order valence-corrected chi connectivity index (χ2v) is 5.01. The van der Waals surface area contributed by atoms with Crippen LogP contribution in [0.4, 0.5) is 5.69 Å². The highest BCUT2D eigenvalue weighted by Crippen LogP contribution is 2.23. The number of amides is 1. The summed E-state index contributed by atoms with van der Waals surface area (Å²) < 4.78 is 5.37. The van der Waals surface area contributed by atoms with Gasteiger partial charge in [0.1, 0.15) is 0 Å². The first-order valence-electron chi connectivity index (χ1n) is 6.54. The van der Waals surface area contributed by atoms with Crippen molar-refractivity contribution in [2.75, 3.05) is 18.4 Å². The lowest BCUT2D eigenvalue weighted by molar-refractivity contribution is -0.120. The number of fused-ring (bicyclic) bond motifs is 1. The molecule has 1 aromatic rings. The summed E-state index contributed by atoms with van der Waals surface area (Å²) in [5, 5.41) is 6.27. The lowest BCUT2D eigenvalue weighted by Crippen LogP contribution is -2.37. The molecule has 0 unspecified atom stereocenters. The normalized spacial score (nSPS) is 22.6. The van der Waals surface area contributed by atoms with Crippen LogP contribution in [0, 0.1) is 5.92 Å². The molecule has 1 amide bonds. The van der Waals surface area contributed by atoms with Crippen molar-refractivity contribution in [1.82, 2.24) is 5.32 Å². The number of anilines is 1. The number of hydrogen-bond donors (Lipinski definition) is 2. The van der Waals surface area contributed by atoms with E-state index < -0.39 is 0 Å². The highest BCUT2D eigenvalue weighted by molar-refractivity contribution is 5.92. The molecule has 0 radical (unpaired) electrons. The van der Waals surface area contributed by atoms with Crippen LogP contribution >= 0.6 is 0 Å². The third kappa shape index (κ3) is 2.40. The van der Waals surface area contributed by atoms with E-state index in [0.29, 0.717) is 13.2 Å². The standard InChI is InChI=1S/C14H18N2O2/c17-14(10-2-1-5-15-7-10)16-13-4-3-11-8-18-9-12(11)6-13/h3-4,6,10,15H,1-2,5,7-9H2,(H,16,17)/t10-/m1/s1. The van der Waals surface area contributed by atoms with Crippen molar-refractivity contribution in [3.8, 4) is 0 Å². The Morgan fingerprint density at radius 2 is 2.22 bits per heavy atom. The average Bonchev–Trinajstić information content (AvgIpc) is 2.87. The Balaban J connectivity index is 1.66. The largest absolute Gasteiger partial charge is 0.372 e. The van der Waals surface area contributed by atoms with Crippen LogP contribution in [0.1, 0.15) is 24.0 Å². The van der Waals surface area contributed by atoms with E-state index in [1.54, 1.807) is 0 Å². The minimum atomic E-state index is 0.100. The van der Waals surface area contributed by atoms with Gasteiger partial charge in [-0.15, -0.1) is 0 Å². The van der Waals surface area contributed by atoms with Crippen LogP contribution in [0.2, 0.25) is 0 Å². The van der Waals surface area contributed by atoms with Crippen molar-refractivity contribution < 1.29 is 9.53 Å². The van der Waals surface area contributed by atoms with E-state index in [2.05, 4.69) is 10.6 Å². The maximum Gasteiger partial charge on any atom is 0.228 e. The zero-order chi connectivity index (χ0) is 12.4. The minimum absolute atomic E-state index is 0.100. The van der Waals surface area contributed by atoms with Gasteiger partial charge in [0, 0.05) is 12.2 Å². The minimum Gasteiger partial charge on any atom is -0.372 e. The van der Waals surface area contributed by atoms with E-state index in [4.69, 9.17) is 4.74 Å². The van der Waals surface area contributed by atoms with Crippen molar-refractivity contribution in [3.63, 3.8) is 0 Å². The summed E-state index contributed by atoms with van der Waals surface area (Å²) >= 11 is 0. The Hall–Kier alpha value is -1.39. The fourth-order valence-electron chi connectivity index (χ4n) is 2.57. The van der Waals surface area contributed by atoms with E-state index in [0.717, 1.165) is 31.6 Å². The number of hydrogen-bond acceptors (Lipinski definition) is 3. The van der Waals surface area contributed by atoms with Gasteiger partial charge in [0.2, 0.25) is 5.91 Å². The van der Waals surface area contributed by atoms with Gasteiger partial charge in [-0.05, 0) is 42.6 Å². The molecule has 0 aliphatic carbocycles. The Morgan fingerprint density at radius 1 is 1.33 bits per heavy atom. The molecule has 0 bridgehead atoms. The van der Waals surface area contributed by atoms with Crippen molar-refractivity contribution in [3.05, 3.63) is 29.3 Å². The quantitative estimate of drug-likeness (QED) is 0.834. The molecule has 1 fully saturated rings. The van der Waals surface area contributed by atoms with E-state index in [1.807, 2.05) is 18.2 Å². The molecule has 0 spiro atoms. The van der Waals surface area contributed by atoms with Crippen LogP contribution in [0.25, 0.3) is 0 Å². The van der Waals surface area contributed by atoms with Gasteiger partial charge in [0.05, 0.1) is 19.1 Å². The van der Waals surface area contributed by atoms with Gasteiger partial charge in [-0.1, -0.05) is 6.07 Å². The zero-order valence-electron chi connectivity index (χ0n) is 10.4. The maximum atomic E-state index is 12.1. The molecule has 1 aromatic carbocycles. The number of carbonyl (C=O) groups excluding carboxylic acids is 1. The molecule has 2 heterocycles. The monoisotopic (exact) mass is 246 g/mol. The fourth-order valence-corrected chi connectivity index (χ4v) is 2.57. The first kappa shape index (κ1) is 11.7. The highest BCUT2D eigenvalue weighted by atomic mass is 16.5. The summed E-state index contributed by atoms with van der Waals surface area (Å²) in [4.78, 5) is 12.1. The number of nitrogens with one attached hydrogen (secondary N) is 2. The van der Waals surface area contributed by atoms with Gasteiger partial charge in [0.25, 0.3) is 0 Å². The Kier molecular flexibility index (Phi) is 3.30. The SMILES string of the molecule is O=C(Nc1ccc2c(c1)COC2)[C@@H]1CCCNC1. The van der Waals surface area contributed by atoms with Gasteiger partial charge < -0.3 is 15.4 Å². The Labute approximate surface area is 107 Å². The second-order valence-electron chi connectivity index (χ2n) is 5.01. The third-order valence-corrected chi connectivity index (χ3v) is 3.66. The summed E-state index contributed by atoms with van der Waals surface area (Å²) in [5.41, 5.74) is 3.30. The van der Waals surface area contributed by atoms with E-state index in [1.165, 1.54) is 11.1 Å². The molecule has 2 aliphatic heterocycles. The smallest absolute Gasteiger partial charge is 0.228 e. The molecule has 1 atom stereocenters. The van der Waals surface area contributed by atoms with Crippen LogP contribution in [0.15, 0.2) is 18.2 Å². The van der Waals surface area contributed by atoms with Gasteiger partial charge in [-0.2, -0.15) is 0 Å². The van der Waals surface area contributed by atoms with Gasteiger partial charge >= 0.3 is 0 Å². The van der Waals surface area contributed by atoms with Crippen LogP contribution in [-0.4, -0.2) is 19.0 Å². The molecule has 0 aromatic heterocycles. The van der Waals surface area contributed by atoms with Crippen molar-refractivity contribution in [1.29, 1.82) is 0 Å². The molecule has 0 saturated carbocycles. The van der Waals surface area contributed by atoms with Crippen molar-refractivity contribution in [2.24, 2.45) is 5.92 Å². The summed E-state index contributed by atoms with van der Waals surface area (Å²) in [6.07, 6.45) is 2.06. The fraction of sp³-hybridized carbons (Fsp3) is 0.500. The Morgan fingerprint density at radius 3 is 3.06 bits per heavy atom. The molecular formula is C14H18N2O2. The van der Waals surface area contributed by atoms with Crippen molar-refractivity contribution in [2.45, 2.75) is 26.1 Å². The molecular weight excluding hydrogens is 228 g/mol. The van der Waals surface area contributed by atoms with Gasteiger partial charge in [-0.25, -0.2) is 0 Å². The lowest BCUT2D eigenvalue weighted by atomic mass is 9.98. The molecule has 3 rings (SSSR count). The summed E-state index contributed by atoms with van der Waals surface area (Å²) in [6.45, 7) is 3.17. The molecule has 18 heavy (non-hydrogen) atoms. The van der Waals surface area contributed by atoms with Crippen LogP contribution in [0.5, 0.6) is 0 Å². The second kappa shape index (κ2) is 5.08. The molecule has 2 N–H and O–H groups in total. The molecule has 96 valence electrons. The van der Waals surface area contributed by atoms with Crippen LogP contribution in [-0.2, 0) is 22.7 Å². The van der Waals surface area contributed by atoms with E-state index >= 15 is 0 Å². The van der Waals surface area contributed by atoms with E-state index in [-0.39, 0.29) is 11.8 Å². The van der Waals surface area contributed by atoms with Gasteiger partial charge in [-0.3, -0.25) is 4.79 Å². The highest BCUT2D eigenvalue weighted by Gasteiger charge is 2.21. The predicted octanol–water partition coefficient (Wildman–Crippen LogP) is 1.65. The summed E-state index contributed by atoms with van der Waals surface area (Å²) in [5.74, 6) is 0.226. The van der Waals surface area contributed by atoms with Crippen LogP contribution < -0.4 is 10.6 Å². The third-order valence-electron chi connectivity index (χ3n) is 3.66. The number of ether oxygens (including phenoxy) is 1. The average molecular weight is 246 g/mol. The topological polar surface area (TPSA) is 50.4 Å². The Bertz CT molecular complexity index is 453. The van der Waals surface area contributed by atoms with E-state index in [9.17, 15) is 4.79 Å². The number of rotatable bonds is 2. The first-order valence-corrected chi connectivity index (χ1v) is 6.54. The first-order chi connectivity index (χ1) is 8.83. The maximum absolute atomic E-state index is 12.1. The van der Waals surface area contributed by atoms with Gasteiger partial charge in [0.15, 0.2) is 0 Å². The number of carbonyl (C=O) groups is 1. The molecule has 1 saturated heterocycles. The predicted molar refractivity (Wildman–Crippen MR) is 69.2 cm³/mol. The number of piperidine rings is 1. The summed E-state index contributed by atoms with van der Waals surface area (Å²) in [7, 11) is 0. The zero-order valence-corrected chi connectivity index (χ0v) is 10.4. The number of benzene rings is 1. The molecule has 4 nitrogen and oxygen atoms in total. The molecule has 2 aliphatic rings. The van der Waals surface area contributed by atoms with Crippen LogP contribution in [0.3, 0.4) is 0 Å². The van der Waals surface area contributed by atoms with Crippen molar-refractivity contribution >= 4 is 11.6 Å².